The minimum absolute atomic E-state index is 0.0117. The van der Waals surface area contributed by atoms with E-state index in [0.717, 1.165) is 17.1 Å². The molecule has 2 unspecified atom stereocenters. The SMILES string of the molecule is CC1=Cc2c(ccc(C)c2-c2ccccc2)[CH]1[Zr]([Cl])([Cl])[CH]1C(c2ccc(C)o2)=Cc2c1ccc(C)c2-c1ccccc1. The number of furan rings is 1. The number of allylic oxidation sites excluding steroid dienone is 2. The quantitative estimate of drug-likeness (QED) is 0.182. The van der Waals surface area contributed by atoms with Crippen molar-refractivity contribution >= 4 is 34.8 Å². The van der Waals surface area contributed by atoms with Crippen molar-refractivity contribution in [1.82, 2.24) is 0 Å². The van der Waals surface area contributed by atoms with E-state index in [9.17, 15) is 0 Å². The third-order valence-electron chi connectivity index (χ3n) is 8.95. The van der Waals surface area contributed by atoms with Crippen LogP contribution in [0.4, 0.5) is 0 Å². The zero-order valence-corrected chi connectivity index (χ0v) is 28.2. The van der Waals surface area contributed by atoms with E-state index in [-0.39, 0.29) is 7.25 Å². The van der Waals surface area contributed by atoms with Gasteiger partial charge in [0.1, 0.15) is 0 Å². The third-order valence-corrected chi connectivity index (χ3v) is 21.3. The van der Waals surface area contributed by atoms with Crippen molar-refractivity contribution in [2.24, 2.45) is 0 Å². The molecule has 1 aromatic heterocycles. The molecule has 0 saturated carbocycles. The summed E-state index contributed by atoms with van der Waals surface area (Å²) in [4.78, 5) is 0. The van der Waals surface area contributed by atoms with Crippen molar-refractivity contribution in [3.8, 4) is 22.3 Å². The predicted octanol–water partition coefficient (Wildman–Crippen LogP) is 11.8. The molecular weight excluding hydrogens is 635 g/mol. The first-order chi connectivity index (χ1) is 20.3. The summed E-state index contributed by atoms with van der Waals surface area (Å²) in [5.74, 6) is 1.75. The summed E-state index contributed by atoms with van der Waals surface area (Å²) in [6.45, 7) is 8.59. The van der Waals surface area contributed by atoms with Gasteiger partial charge in [0.2, 0.25) is 0 Å². The number of aryl methyl sites for hydroxylation is 3. The van der Waals surface area contributed by atoms with Crippen LogP contribution in [0.15, 0.2) is 107 Å². The maximum absolute atomic E-state index is 7.98. The molecule has 0 spiro atoms. The average molecular weight is 667 g/mol. The van der Waals surface area contributed by atoms with Crippen molar-refractivity contribution in [2.45, 2.75) is 34.9 Å². The summed E-state index contributed by atoms with van der Waals surface area (Å²) in [6.07, 6.45) is 4.65. The van der Waals surface area contributed by atoms with Crippen LogP contribution in [-0.4, -0.2) is 0 Å². The second kappa shape index (κ2) is 10.7. The molecule has 208 valence electrons. The molecule has 2 aliphatic rings. The fraction of sp³-hybridized carbons (Fsp3) is 0.158. The number of hydrogen-bond donors (Lipinski definition) is 0. The Kier molecular flexibility index (Phi) is 7.09. The molecule has 0 bridgehead atoms. The van der Waals surface area contributed by atoms with Crippen LogP contribution in [-0.2, 0) is 17.9 Å². The molecule has 2 atom stereocenters. The Labute approximate surface area is 260 Å². The van der Waals surface area contributed by atoms with Crippen LogP contribution in [0.25, 0.3) is 40.0 Å². The molecule has 1 nitrogen and oxygen atoms in total. The van der Waals surface area contributed by atoms with E-state index in [1.165, 1.54) is 61.2 Å². The molecule has 5 aromatic rings. The first-order valence-electron chi connectivity index (χ1n) is 14.5. The van der Waals surface area contributed by atoms with Crippen LogP contribution in [0.3, 0.4) is 0 Å². The van der Waals surface area contributed by atoms with E-state index >= 15 is 0 Å². The molecule has 2 aliphatic carbocycles. The van der Waals surface area contributed by atoms with Gasteiger partial charge in [-0.1, -0.05) is 0 Å². The Morgan fingerprint density at radius 3 is 1.62 bits per heavy atom. The topological polar surface area (TPSA) is 13.1 Å². The predicted molar refractivity (Wildman–Crippen MR) is 175 cm³/mol. The molecule has 4 heteroatoms. The van der Waals surface area contributed by atoms with Crippen LogP contribution in [0.5, 0.6) is 0 Å². The van der Waals surface area contributed by atoms with Gasteiger partial charge < -0.3 is 0 Å². The van der Waals surface area contributed by atoms with Gasteiger partial charge in [0.05, 0.1) is 0 Å². The van der Waals surface area contributed by atoms with Crippen molar-refractivity contribution in [3.05, 3.63) is 148 Å². The first kappa shape index (κ1) is 27.9. The standard InChI is InChI=1S/C21H17O.C17H15.2ClH.Zr/c1-14-8-10-17-12-18(20-11-9-15(2)22-20)13-19(17)21(14)16-6-4-3-5-7-16;1-12-10-15-9-8-13(2)17(16(15)11-12)14-6-4-3-5-7-14;;;/h3-13H,1-2H3;3-11H,1-2H3;2*1H;/q;;;;+2/p-2. The number of halogens is 2. The summed E-state index contributed by atoms with van der Waals surface area (Å²) < 4.78 is 6.21. The monoisotopic (exact) mass is 664 g/mol. The van der Waals surface area contributed by atoms with Crippen molar-refractivity contribution in [1.29, 1.82) is 0 Å². The molecule has 0 fully saturated rings. The van der Waals surface area contributed by atoms with Gasteiger partial charge >= 0.3 is 262 Å². The summed E-state index contributed by atoms with van der Waals surface area (Å²) >= 11 is -4.19. The summed E-state index contributed by atoms with van der Waals surface area (Å²) in [6, 6.07) is 34.4. The Morgan fingerprint density at radius 1 is 0.571 bits per heavy atom. The molecular formula is C38H32Cl2OZr. The van der Waals surface area contributed by atoms with Crippen LogP contribution in [0.2, 0.25) is 0 Å². The van der Waals surface area contributed by atoms with E-state index < -0.39 is 17.9 Å². The van der Waals surface area contributed by atoms with E-state index in [1.54, 1.807) is 0 Å². The van der Waals surface area contributed by atoms with Crippen LogP contribution < -0.4 is 0 Å². The van der Waals surface area contributed by atoms with Gasteiger partial charge in [0, 0.05) is 0 Å². The van der Waals surface area contributed by atoms with Crippen LogP contribution in [0, 0.1) is 20.8 Å². The molecule has 0 N–H and O–H groups in total. The van der Waals surface area contributed by atoms with Crippen molar-refractivity contribution in [3.63, 3.8) is 0 Å². The van der Waals surface area contributed by atoms with Gasteiger partial charge in [-0.3, -0.25) is 0 Å². The number of fused-ring (bicyclic) bond motifs is 2. The summed E-state index contributed by atoms with van der Waals surface area (Å²) in [5.41, 5.74) is 14.8. The zero-order valence-electron chi connectivity index (χ0n) is 24.2. The summed E-state index contributed by atoms with van der Waals surface area (Å²) in [7, 11) is 16.0. The van der Waals surface area contributed by atoms with E-state index in [4.69, 9.17) is 21.4 Å². The van der Waals surface area contributed by atoms with Gasteiger partial charge in [0.25, 0.3) is 0 Å². The Hall–Kier alpha value is -2.90. The Balaban J connectivity index is 1.43. The minimum atomic E-state index is -4.19. The zero-order chi connectivity index (χ0) is 29.2. The molecule has 0 amide bonds. The molecule has 7 rings (SSSR count). The maximum atomic E-state index is 7.98. The number of hydrogen-bond acceptors (Lipinski definition) is 1. The molecule has 1 heterocycles. The van der Waals surface area contributed by atoms with Gasteiger partial charge in [0.15, 0.2) is 0 Å². The molecule has 0 aliphatic heterocycles. The number of benzene rings is 4. The van der Waals surface area contributed by atoms with Crippen LogP contribution >= 0.6 is 17.0 Å². The number of rotatable bonds is 5. The molecule has 0 radical (unpaired) electrons. The fourth-order valence-corrected chi connectivity index (χ4v) is 20.7. The Morgan fingerprint density at radius 2 is 1.10 bits per heavy atom. The fourth-order valence-electron chi connectivity index (χ4n) is 7.14. The third kappa shape index (κ3) is 4.46. The van der Waals surface area contributed by atoms with E-state index in [2.05, 4.69) is 124 Å². The Bertz CT molecular complexity index is 1900. The second-order valence-electron chi connectivity index (χ2n) is 11.7. The molecule has 4 aromatic carbocycles. The van der Waals surface area contributed by atoms with Gasteiger partial charge in [-0.25, -0.2) is 0 Å². The first-order valence-corrected chi connectivity index (χ1v) is 23.6. The average Bonchev–Trinajstić information content (AvgIpc) is 3.68. The van der Waals surface area contributed by atoms with E-state index in [1.807, 2.05) is 13.0 Å². The van der Waals surface area contributed by atoms with Crippen molar-refractivity contribution < 1.29 is 22.3 Å². The van der Waals surface area contributed by atoms with Gasteiger partial charge in [-0.2, -0.15) is 0 Å². The normalized spacial score (nSPS) is 17.6. The van der Waals surface area contributed by atoms with E-state index in [0.29, 0.717) is 0 Å². The van der Waals surface area contributed by atoms with Gasteiger partial charge in [-0.05, 0) is 0 Å². The van der Waals surface area contributed by atoms with Crippen LogP contribution in [0.1, 0.15) is 59.1 Å². The second-order valence-corrected chi connectivity index (χ2v) is 26.4. The van der Waals surface area contributed by atoms with Gasteiger partial charge in [-0.15, -0.1) is 0 Å². The molecule has 42 heavy (non-hydrogen) atoms. The van der Waals surface area contributed by atoms with Crippen molar-refractivity contribution in [2.75, 3.05) is 0 Å². The molecule has 0 saturated heterocycles. The summed E-state index contributed by atoms with van der Waals surface area (Å²) in [5, 5.41) is 0.